The van der Waals surface area contributed by atoms with Gasteiger partial charge in [-0.15, -0.1) is 11.8 Å². The van der Waals surface area contributed by atoms with Crippen molar-refractivity contribution in [3.8, 4) is 0 Å². The second-order valence-electron chi connectivity index (χ2n) is 8.74. The van der Waals surface area contributed by atoms with Crippen LogP contribution < -0.4 is 10.6 Å². The molecular formula is C23H35ClN2O5S. The van der Waals surface area contributed by atoms with E-state index in [9.17, 15) is 20.1 Å². The van der Waals surface area contributed by atoms with Crippen molar-refractivity contribution < 1.29 is 24.9 Å². The molecule has 0 radical (unpaired) electrons. The molecule has 1 aromatic rings. The molecular weight excluding hydrogens is 452 g/mol. The molecule has 1 amide bonds. The summed E-state index contributed by atoms with van der Waals surface area (Å²) in [7, 11) is 0. The van der Waals surface area contributed by atoms with Crippen molar-refractivity contribution in [3.63, 3.8) is 0 Å². The van der Waals surface area contributed by atoms with E-state index < -0.39 is 35.9 Å². The minimum absolute atomic E-state index is 0.167. The summed E-state index contributed by atoms with van der Waals surface area (Å²) >= 11 is 7.29. The molecule has 3 rings (SSSR count). The van der Waals surface area contributed by atoms with Gasteiger partial charge in [-0.25, -0.2) is 0 Å². The highest BCUT2D eigenvalue weighted by Crippen LogP contribution is 2.34. The monoisotopic (exact) mass is 486 g/mol. The van der Waals surface area contributed by atoms with Crippen molar-refractivity contribution in [1.29, 1.82) is 0 Å². The Morgan fingerprint density at radius 3 is 2.56 bits per heavy atom. The predicted octanol–water partition coefficient (Wildman–Crippen LogP) is 2.23. The zero-order valence-corrected chi connectivity index (χ0v) is 20.2. The van der Waals surface area contributed by atoms with Gasteiger partial charge in [0.15, 0.2) is 0 Å². The second-order valence-corrected chi connectivity index (χ2v) is 10.1. The van der Waals surface area contributed by atoms with Gasteiger partial charge in [-0.1, -0.05) is 43.5 Å². The Balaban J connectivity index is 1.80. The van der Waals surface area contributed by atoms with Crippen LogP contribution in [-0.2, 0) is 9.53 Å². The molecule has 7 nitrogen and oxygen atoms in total. The standard InChI is InChI=1S/C23H35ClN2O5S/c1-3-4-13-5-10-16(25-12-11-13)22(30)26-17(14-6-8-15(24)9-7-14)21-19(28)18(27)20(29)23(31-21)32-2/h6-9,13,16-21,23,25,27-29H,3-5,10-12H2,1-2H3,(H,26,30). The quantitative estimate of drug-likeness (QED) is 0.402. The Morgan fingerprint density at radius 2 is 1.91 bits per heavy atom. The Labute approximate surface area is 199 Å². The number of ether oxygens (including phenoxy) is 1. The number of carbonyl (C=O) groups is 1. The Hall–Kier alpha value is -0.870. The van der Waals surface area contributed by atoms with Crippen molar-refractivity contribution in [3.05, 3.63) is 34.9 Å². The van der Waals surface area contributed by atoms with E-state index in [-0.39, 0.29) is 11.9 Å². The first-order valence-electron chi connectivity index (χ1n) is 11.4. The van der Waals surface area contributed by atoms with Crippen molar-refractivity contribution >= 4 is 29.3 Å². The lowest BCUT2D eigenvalue weighted by Gasteiger charge is -2.43. The third-order valence-corrected chi connectivity index (χ3v) is 7.62. The molecule has 2 fully saturated rings. The molecule has 0 aromatic heterocycles. The van der Waals surface area contributed by atoms with E-state index in [0.29, 0.717) is 16.5 Å². The second kappa shape index (κ2) is 12.0. The number of nitrogens with one attached hydrogen (secondary N) is 2. The minimum Gasteiger partial charge on any atom is -0.387 e. The van der Waals surface area contributed by atoms with E-state index in [4.69, 9.17) is 16.3 Å². The van der Waals surface area contributed by atoms with E-state index in [0.717, 1.165) is 32.2 Å². The number of rotatable bonds is 7. The highest BCUT2D eigenvalue weighted by atomic mass is 35.5. The van der Waals surface area contributed by atoms with Crippen LogP contribution in [0.4, 0.5) is 0 Å². The third kappa shape index (κ3) is 6.17. The molecule has 180 valence electrons. The SMILES string of the molecule is CCCC1CCNC(C(=O)NC(c2ccc(Cl)cc2)C2OC(SC)C(O)C(O)C2O)CC1. The Kier molecular flexibility index (Phi) is 9.67. The van der Waals surface area contributed by atoms with Gasteiger partial charge >= 0.3 is 0 Å². The van der Waals surface area contributed by atoms with E-state index in [1.54, 1.807) is 30.5 Å². The van der Waals surface area contributed by atoms with Crippen LogP contribution in [0, 0.1) is 5.92 Å². The number of aliphatic hydroxyl groups is 3. The molecule has 2 heterocycles. The van der Waals surface area contributed by atoms with Crippen LogP contribution in [0.15, 0.2) is 24.3 Å². The highest BCUT2D eigenvalue weighted by Gasteiger charge is 2.47. The molecule has 9 heteroatoms. The average Bonchev–Trinajstić information content (AvgIpc) is 3.03. The minimum atomic E-state index is -1.39. The fraction of sp³-hybridized carbons (Fsp3) is 0.696. The van der Waals surface area contributed by atoms with Crippen LogP contribution in [0.3, 0.4) is 0 Å². The summed E-state index contributed by atoms with van der Waals surface area (Å²) in [6.45, 7) is 2.97. The topological polar surface area (TPSA) is 111 Å². The fourth-order valence-electron chi connectivity index (χ4n) is 4.65. The first kappa shape index (κ1) is 25.7. The summed E-state index contributed by atoms with van der Waals surface area (Å²) < 4.78 is 5.97. The summed E-state index contributed by atoms with van der Waals surface area (Å²) in [5.41, 5.74) is -0.0244. The molecule has 2 saturated heterocycles. The van der Waals surface area contributed by atoms with Gasteiger partial charge in [0.05, 0.1) is 12.1 Å². The highest BCUT2D eigenvalue weighted by molar-refractivity contribution is 7.99. The number of benzene rings is 1. The van der Waals surface area contributed by atoms with Crippen LogP contribution in [0.1, 0.15) is 50.6 Å². The van der Waals surface area contributed by atoms with Gasteiger partial charge in [0.2, 0.25) is 5.91 Å². The van der Waals surface area contributed by atoms with Crippen molar-refractivity contribution in [2.24, 2.45) is 5.92 Å². The van der Waals surface area contributed by atoms with E-state index >= 15 is 0 Å². The number of amides is 1. The first-order chi connectivity index (χ1) is 15.3. The first-order valence-corrected chi connectivity index (χ1v) is 13.0. The molecule has 0 spiro atoms. The zero-order chi connectivity index (χ0) is 23.3. The number of aliphatic hydroxyl groups excluding tert-OH is 3. The molecule has 2 aliphatic heterocycles. The maximum atomic E-state index is 13.3. The summed E-state index contributed by atoms with van der Waals surface area (Å²) in [4.78, 5) is 13.3. The fourth-order valence-corrected chi connectivity index (χ4v) is 5.46. The number of carbonyl (C=O) groups excluding carboxylic acids is 1. The molecule has 0 aliphatic carbocycles. The number of thioether (sulfide) groups is 1. The molecule has 1 aromatic carbocycles. The summed E-state index contributed by atoms with van der Waals surface area (Å²) in [5, 5.41) is 38.3. The lowest BCUT2D eigenvalue weighted by atomic mass is 9.90. The lowest BCUT2D eigenvalue weighted by Crippen LogP contribution is -2.60. The average molecular weight is 487 g/mol. The molecule has 0 saturated carbocycles. The summed E-state index contributed by atoms with van der Waals surface area (Å²) in [6.07, 6.45) is 1.94. The lowest BCUT2D eigenvalue weighted by molar-refractivity contribution is -0.206. The van der Waals surface area contributed by atoms with Crippen molar-refractivity contribution in [2.75, 3.05) is 12.8 Å². The van der Waals surface area contributed by atoms with Gasteiger partial charge in [0.1, 0.15) is 29.9 Å². The van der Waals surface area contributed by atoms with E-state index in [2.05, 4.69) is 17.6 Å². The van der Waals surface area contributed by atoms with E-state index in [1.807, 2.05) is 0 Å². The maximum absolute atomic E-state index is 13.3. The molecule has 0 bridgehead atoms. The van der Waals surface area contributed by atoms with Gasteiger partial charge in [0, 0.05) is 5.02 Å². The molecule has 5 N–H and O–H groups in total. The van der Waals surface area contributed by atoms with Gasteiger partial charge in [-0.05, 0) is 55.7 Å². The predicted molar refractivity (Wildman–Crippen MR) is 127 cm³/mol. The number of halogens is 1. The van der Waals surface area contributed by atoms with Gasteiger partial charge in [-0.2, -0.15) is 0 Å². The molecule has 2 aliphatic rings. The van der Waals surface area contributed by atoms with Gasteiger partial charge in [0.25, 0.3) is 0 Å². The largest absolute Gasteiger partial charge is 0.387 e. The Morgan fingerprint density at radius 1 is 1.19 bits per heavy atom. The normalized spacial score (nSPS) is 34.5. The van der Waals surface area contributed by atoms with Crippen molar-refractivity contribution in [1.82, 2.24) is 10.6 Å². The Bertz CT molecular complexity index is 738. The van der Waals surface area contributed by atoms with Crippen LogP contribution in [-0.4, -0.2) is 69.9 Å². The third-order valence-electron chi connectivity index (χ3n) is 6.51. The van der Waals surface area contributed by atoms with Crippen LogP contribution in [0.5, 0.6) is 0 Å². The molecule has 32 heavy (non-hydrogen) atoms. The summed E-state index contributed by atoms with van der Waals surface area (Å²) in [6, 6.07) is 5.91. The number of hydrogen-bond donors (Lipinski definition) is 5. The van der Waals surface area contributed by atoms with E-state index in [1.165, 1.54) is 18.2 Å². The molecule has 8 unspecified atom stereocenters. The van der Waals surface area contributed by atoms with Crippen LogP contribution >= 0.6 is 23.4 Å². The maximum Gasteiger partial charge on any atom is 0.237 e. The molecule has 8 atom stereocenters. The number of hydrogen-bond acceptors (Lipinski definition) is 7. The van der Waals surface area contributed by atoms with Crippen LogP contribution in [0.2, 0.25) is 5.02 Å². The van der Waals surface area contributed by atoms with Gasteiger partial charge in [-0.3, -0.25) is 4.79 Å². The van der Waals surface area contributed by atoms with Crippen LogP contribution in [0.25, 0.3) is 0 Å². The van der Waals surface area contributed by atoms with Gasteiger partial charge < -0.3 is 30.7 Å². The van der Waals surface area contributed by atoms with Crippen molar-refractivity contribution in [2.45, 2.75) is 81.0 Å². The smallest absolute Gasteiger partial charge is 0.237 e. The summed E-state index contributed by atoms with van der Waals surface area (Å²) in [5.74, 6) is 0.457. The zero-order valence-electron chi connectivity index (χ0n) is 18.6.